The van der Waals surface area contributed by atoms with Crippen molar-refractivity contribution in [2.24, 2.45) is 0 Å². The topological polar surface area (TPSA) is 92.6 Å². The number of morpholine rings is 1. The molecule has 1 aliphatic rings. The van der Waals surface area contributed by atoms with E-state index in [4.69, 9.17) is 13.9 Å². The maximum absolute atomic E-state index is 12.7. The Morgan fingerprint density at radius 3 is 2.76 bits per heavy atom. The van der Waals surface area contributed by atoms with E-state index in [0.717, 1.165) is 24.4 Å². The van der Waals surface area contributed by atoms with Crippen LogP contribution in [0, 0.1) is 0 Å². The molecule has 0 radical (unpaired) electrons. The van der Waals surface area contributed by atoms with Gasteiger partial charge in [0.25, 0.3) is 5.91 Å². The summed E-state index contributed by atoms with van der Waals surface area (Å²) in [4.78, 5) is 15.0. The third kappa shape index (κ3) is 4.49. The lowest BCUT2D eigenvalue weighted by Gasteiger charge is -2.35. The number of nitrogens with one attached hydrogen (secondary N) is 2. The molecule has 2 aromatic heterocycles. The zero-order valence-electron chi connectivity index (χ0n) is 16.3. The number of aromatic nitrogens is 2. The number of nitrogens with zero attached hydrogens (tertiary/aromatic N) is 2. The number of hydrogen-bond acceptors (Lipinski definition) is 6. The fourth-order valence-electron chi connectivity index (χ4n) is 3.45. The van der Waals surface area contributed by atoms with Gasteiger partial charge in [-0.05, 0) is 29.8 Å². The molecule has 3 aromatic rings. The molecule has 1 fully saturated rings. The Balaban J connectivity index is 1.46. The Morgan fingerprint density at radius 1 is 1.28 bits per heavy atom. The highest BCUT2D eigenvalue weighted by atomic mass is 16.5. The molecule has 1 saturated heterocycles. The van der Waals surface area contributed by atoms with Crippen LogP contribution in [0.5, 0.6) is 5.75 Å². The number of carbonyl (C=O) groups excluding carboxylic acids is 1. The molecular formula is C21H24N4O4. The quantitative estimate of drug-likeness (QED) is 0.637. The van der Waals surface area contributed by atoms with Crippen LogP contribution in [-0.4, -0.2) is 61.0 Å². The highest BCUT2D eigenvalue weighted by Gasteiger charge is 2.24. The summed E-state index contributed by atoms with van der Waals surface area (Å²) >= 11 is 0. The lowest BCUT2D eigenvalue weighted by molar-refractivity contribution is 0.0162. The predicted octanol–water partition coefficient (Wildman–Crippen LogP) is 2.48. The molecule has 3 heterocycles. The molecule has 1 aliphatic heterocycles. The molecule has 0 bridgehead atoms. The van der Waals surface area contributed by atoms with E-state index in [-0.39, 0.29) is 11.9 Å². The smallest absolute Gasteiger partial charge is 0.271 e. The van der Waals surface area contributed by atoms with Gasteiger partial charge in [0.15, 0.2) is 11.5 Å². The highest BCUT2D eigenvalue weighted by molar-refractivity contribution is 5.93. The lowest BCUT2D eigenvalue weighted by atomic mass is 10.0. The molecular weight excluding hydrogens is 372 g/mol. The lowest BCUT2D eigenvalue weighted by Crippen LogP contribution is -2.43. The summed E-state index contributed by atoms with van der Waals surface area (Å²) in [6.45, 7) is 3.47. The Hall–Kier alpha value is -3.10. The number of carbonyl (C=O) groups is 1. The van der Waals surface area contributed by atoms with Gasteiger partial charge < -0.3 is 19.2 Å². The van der Waals surface area contributed by atoms with E-state index in [1.54, 1.807) is 25.5 Å². The van der Waals surface area contributed by atoms with Crippen LogP contribution in [0.15, 0.2) is 53.1 Å². The Labute approximate surface area is 168 Å². The second-order valence-corrected chi connectivity index (χ2v) is 6.79. The van der Waals surface area contributed by atoms with Crippen LogP contribution in [0.2, 0.25) is 0 Å². The fraction of sp³-hybridized carbons (Fsp3) is 0.333. The third-order valence-electron chi connectivity index (χ3n) is 5.04. The maximum atomic E-state index is 12.7. The molecule has 1 unspecified atom stereocenters. The van der Waals surface area contributed by atoms with E-state index in [1.807, 2.05) is 30.3 Å². The summed E-state index contributed by atoms with van der Waals surface area (Å²) < 4.78 is 16.1. The molecule has 0 aliphatic carbocycles. The van der Waals surface area contributed by atoms with Gasteiger partial charge >= 0.3 is 0 Å². The van der Waals surface area contributed by atoms with Crippen molar-refractivity contribution in [3.8, 4) is 17.2 Å². The van der Waals surface area contributed by atoms with E-state index in [2.05, 4.69) is 20.4 Å². The van der Waals surface area contributed by atoms with Gasteiger partial charge in [-0.2, -0.15) is 5.10 Å². The van der Waals surface area contributed by atoms with Crippen molar-refractivity contribution < 1.29 is 18.7 Å². The predicted molar refractivity (Wildman–Crippen MR) is 107 cm³/mol. The third-order valence-corrected chi connectivity index (χ3v) is 5.04. The summed E-state index contributed by atoms with van der Waals surface area (Å²) in [5.41, 5.74) is 2.11. The molecule has 8 nitrogen and oxygen atoms in total. The fourth-order valence-corrected chi connectivity index (χ4v) is 3.45. The van der Waals surface area contributed by atoms with Crippen molar-refractivity contribution in [3.63, 3.8) is 0 Å². The molecule has 1 aromatic carbocycles. The molecule has 4 rings (SSSR count). The zero-order valence-corrected chi connectivity index (χ0v) is 16.3. The van der Waals surface area contributed by atoms with Crippen LogP contribution in [0.25, 0.3) is 11.5 Å². The number of rotatable bonds is 7. The molecule has 1 amide bonds. The minimum absolute atomic E-state index is 0.0391. The van der Waals surface area contributed by atoms with Crippen LogP contribution in [0.1, 0.15) is 22.1 Å². The van der Waals surface area contributed by atoms with E-state index in [1.165, 1.54) is 0 Å². The first-order chi connectivity index (χ1) is 14.2. The summed E-state index contributed by atoms with van der Waals surface area (Å²) in [6.07, 6.45) is 1.58. The van der Waals surface area contributed by atoms with Crippen molar-refractivity contribution in [3.05, 3.63) is 60.0 Å². The first-order valence-electron chi connectivity index (χ1n) is 9.58. The number of hydrogen-bond donors (Lipinski definition) is 2. The second kappa shape index (κ2) is 8.93. The molecule has 1 atom stereocenters. The first kappa shape index (κ1) is 19.2. The average molecular weight is 396 g/mol. The van der Waals surface area contributed by atoms with E-state index >= 15 is 0 Å². The summed E-state index contributed by atoms with van der Waals surface area (Å²) in [5.74, 6) is 1.22. The highest BCUT2D eigenvalue weighted by Crippen LogP contribution is 2.24. The SMILES string of the molecule is COc1ccc(C(CNC(=O)c2cc(-c3ccco3)[nH]n2)N2CCOCC2)cc1. The molecule has 0 saturated carbocycles. The van der Waals surface area contributed by atoms with Crippen LogP contribution in [-0.2, 0) is 4.74 Å². The van der Waals surface area contributed by atoms with E-state index < -0.39 is 0 Å². The largest absolute Gasteiger partial charge is 0.497 e. The van der Waals surface area contributed by atoms with Crippen LogP contribution >= 0.6 is 0 Å². The minimum atomic E-state index is -0.231. The van der Waals surface area contributed by atoms with Gasteiger partial charge in [-0.3, -0.25) is 14.8 Å². The van der Waals surface area contributed by atoms with Gasteiger partial charge in [0.1, 0.15) is 11.4 Å². The summed E-state index contributed by atoms with van der Waals surface area (Å²) in [6, 6.07) is 13.3. The number of amides is 1. The maximum Gasteiger partial charge on any atom is 0.271 e. The van der Waals surface area contributed by atoms with E-state index in [0.29, 0.717) is 36.9 Å². The zero-order chi connectivity index (χ0) is 20.1. The number of ether oxygens (including phenoxy) is 2. The van der Waals surface area contributed by atoms with Gasteiger partial charge in [-0.25, -0.2) is 0 Å². The number of aromatic amines is 1. The summed E-state index contributed by atoms with van der Waals surface area (Å²) in [7, 11) is 1.65. The molecule has 0 spiro atoms. The van der Waals surface area contributed by atoms with Crippen molar-refractivity contribution in [1.29, 1.82) is 0 Å². The standard InChI is InChI=1S/C21H24N4O4/c1-27-16-6-4-15(5-7-16)19(25-8-11-28-12-9-25)14-22-21(26)18-13-17(23-24-18)20-3-2-10-29-20/h2-7,10,13,19H,8-9,11-12,14H2,1H3,(H,22,26)(H,23,24). The van der Waals surface area contributed by atoms with Crippen LogP contribution in [0.4, 0.5) is 0 Å². The second-order valence-electron chi connectivity index (χ2n) is 6.79. The van der Waals surface area contributed by atoms with Crippen LogP contribution < -0.4 is 10.1 Å². The van der Waals surface area contributed by atoms with Crippen LogP contribution in [0.3, 0.4) is 0 Å². The van der Waals surface area contributed by atoms with Crippen molar-refractivity contribution in [1.82, 2.24) is 20.4 Å². The monoisotopic (exact) mass is 396 g/mol. The molecule has 29 heavy (non-hydrogen) atoms. The Bertz CT molecular complexity index is 915. The van der Waals surface area contributed by atoms with E-state index in [9.17, 15) is 4.79 Å². The number of furan rings is 1. The minimum Gasteiger partial charge on any atom is -0.497 e. The number of methoxy groups -OCH3 is 1. The Kier molecular flexibility index (Phi) is 5.92. The molecule has 8 heteroatoms. The number of H-pyrrole nitrogens is 1. The van der Waals surface area contributed by atoms with Gasteiger partial charge in [-0.15, -0.1) is 0 Å². The van der Waals surface area contributed by atoms with Gasteiger partial charge in [-0.1, -0.05) is 12.1 Å². The number of benzene rings is 1. The first-order valence-corrected chi connectivity index (χ1v) is 9.58. The molecule has 152 valence electrons. The van der Waals surface area contributed by atoms with Gasteiger partial charge in [0, 0.05) is 25.7 Å². The molecule has 2 N–H and O–H groups in total. The van der Waals surface area contributed by atoms with Crippen molar-refractivity contribution >= 4 is 5.91 Å². The van der Waals surface area contributed by atoms with Crippen molar-refractivity contribution in [2.45, 2.75) is 6.04 Å². The normalized spacial score (nSPS) is 15.8. The van der Waals surface area contributed by atoms with Gasteiger partial charge in [0.2, 0.25) is 0 Å². The average Bonchev–Trinajstić information content (AvgIpc) is 3.47. The Morgan fingerprint density at radius 2 is 2.07 bits per heavy atom. The van der Waals surface area contributed by atoms with Crippen molar-refractivity contribution in [2.75, 3.05) is 40.0 Å². The summed E-state index contributed by atoms with van der Waals surface area (Å²) in [5, 5.41) is 9.97. The van der Waals surface area contributed by atoms with Gasteiger partial charge in [0.05, 0.1) is 32.6 Å².